The zero-order chi connectivity index (χ0) is 11.3. The second-order valence-electron chi connectivity index (χ2n) is 4.08. The van der Waals surface area contributed by atoms with Gasteiger partial charge >= 0.3 is 0 Å². The van der Waals surface area contributed by atoms with Crippen molar-refractivity contribution in [2.75, 3.05) is 0 Å². The van der Waals surface area contributed by atoms with E-state index in [1.165, 1.54) is 24.3 Å². The van der Waals surface area contributed by atoms with Crippen LogP contribution in [0.15, 0.2) is 5.38 Å². The van der Waals surface area contributed by atoms with E-state index >= 15 is 0 Å². The van der Waals surface area contributed by atoms with E-state index in [-0.39, 0.29) is 0 Å². The number of nitrogens with one attached hydrogen (secondary N) is 1. The molecule has 2 nitrogen and oxygen atoms in total. The molecule has 0 amide bonds. The molecule has 1 aromatic rings. The number of nitrogens with zero attached hydrogens (tertiary/aromatic N) is 1. The fourth-order valence-electron chi connectivity index (χ4n) is 1.87. The third-order valence-electron chi connectivity index (χ3n) is 3.31. The largest absolute Gasteiger partial charge is 0.305 e. The molecule has 0 bridgehead atoms. The van der Waals surface area contributed by atoms with Gasteiger partial charge in [0.25, 0.3) is 0 Å². The molecule has 0 spiro atoms. The minimum Gasteiger partial charge on any atom is -0.305 e. The molecule has 0 atom stereocenters. The lowest BCUT2D eigenvalue weighted by Gasteiger charge is -2.31. The van der Waals surface area contributed by atoms with Crippen molar-refractivity contribution in [3.63, 3.8) is 0 Å². The minimum absolute atomic E-state index is 0.305. The number of aryl methyl sites for hydroxylation is 1. The first kappa shape index (κ1) is 12.7. The Labute approximate surface area is 97.1 Å². The SMILES string of the molecule is CCC(CC)(CC)NCc1nc(C)cs1. The summed E-state index contributed by atoms with van der Waals surface area (Å²) in [5, 5.41) is 6.97. The first-order valence-electron chi connectivity index (χ1n) is 5.81. The summed E-state index contributed by atoms with van der Waals surface area (Å²) >= 11 is 1.75. The number of rotatable bonds is 6. The van der Waals surface area contributed by atoms with Gasteiger partial charge in [-0.05, 0) is 26.2 Å². The molecule has 15 heavy (non-hydrogen) atoms. The normalized spacial score (nSPS) is 12.0. The van der Waals surface area contributed by atoms with Gasteiger partial charge < -0.3 is 5.32 Å². The summed E-state index contributed by atoms with van der Waals surface area (Å²) in [6.45, 7) is 9.73. The molecule has 1 N–H and O–H groups in total. The summed E-state index contributed by atoms with van der Waals surface area (Å²) in [6, 6.07) is 0. The van der Waals surface area contributed by atoms with Gasteiger partial charge in [0.15, 0.2) is 0 Å². The molecule has 0 radical (unpaired) electrons. The Balaban J connectivity index is 2.54. The van der Waals surface area contributed by atoms with Crippen molar-refractivity contribution >= 4 is 11.3 Å². The van der Waals surface area contributed by atoms with Gasteiger partial charge in [0.05, 0.1) is 0 Å². The van der Waals surface area contributed by atoms with Crippen LogP contribution in [-0.4, -0.2) is 10.5 Å². The zero-order valence-corrected chi connectivity index (χ0v) is 11.1. The molecule has 0 aliphatic carbocycles. The maximum absolute atomic E-state index is 4.47. The molecule has 0 aliphatic heterocycles. The molecule has 0 saturated carbocycles. The summed E-state index contributed by atoms with van der Waals surface area (Å²) in [4.78, 5) is 4.47. The Bertz CT molecular complexity index is 281. The molecule has 0 fully saturated rings. The number of thiazole rings is 1. The van der Waals surface area contributed by atoms with Gasteiger partial charge in [-0.15, -0.1) is 11.3 Å². The summed E-state index contributed by atoms with van der Waals surface area (Å²) in [5.41, 5.74) is 1.44. The first-order chi connectivity index (χ1) is 7.15. The van der Waals surface area contributed by atoms with Crippen LogP contribution < -0.4 is 5.32 Å². The first-order valence-corrected chi connectivity index (χ1v) is 6.69. The maximum atomic E-state index is 4.47. The van der Waals surface area contributed by atoms with Crippen molar-refractivity contribution in [2.45, 2.75) is 59.0 Å². The molecule has 3 heteroatoms. The van der Waals surface area contributed by atoms with E-state index < -0.39 is 0 Å². The lowest BCUT2D eigenvalue weighted by Crippen LogP contribution is -2.43. The highest BCUT2D eigenvalue weighted by molar-refractivity contribution is 7.09. The van der Waals surface area contributed by atoms with Crippen LogP contribution in [-0.2, 0) is 6.54 Å². The molecular weight excluding hydrogens is 204 g/mol. The van der Waals surface area contributed by atoms with Crippen LogP contribution in [0.1, 0.15) is 50.7 Å². The smallest absolute Gasteiger partial charge is 0.107 e. The fourth-order valence-corrected chi connectivity index (χ4v) is 2.58. The lowest BCUT2D eigenvalue weighted by molar-refractivity contribution is 0.288. The average Bonchev–Trinajstić information content (AvgIpc) is 2.67. The van der Waals surface area contributed by atoms with Gasteiger partial charge in [0, 0.05) is 23.2 Å². The second-order valence-corrected chi connectivity index (χ2v) is 5.02. The van der Waals surface area contributed by atoms with Crippen LogP contribution in [0, 0.1) is 6.92 Å². The Morgan fingerprint density at radius 2 is 1.87 bits per heavy atom. The fraction of sp³-hybridized carbons (Fsp3) is 0.750. The van der Waals surface area contributed by atoms with Crippen molar-refractivity contribution in [3.05, 3.63) is 16.1 Å². The van der Waals surface area contributed by atoms with Crippen LogP contribution >= 0.6 is 11.3 Å². The van der Waals surface area contributed by atoms with E-state index in [2.05, 4.69) is 36.5 Å². The van der Waals surface area contributed by atoms with Crippen LogP contribution in [0.2, 0.25) is 0 Å². The van der Waals surface area contributed by atoms with Crippen molar-refractivity contribution in [2.24, 2.45) is 0 Å². The van der Waals surface area contributed by atoms with E-state index in [4.69, 9.17) is 0 Å². The molecule has 1 rings (SSSR count). The van der Waals surface area contributed by atoms with E-state index in [1.54, 1.807) is 11.3 Å². The maximum Gasteiger partial charge on any atom is 0.107 e. The highest BCUT2D eigenvalue weighted by Crippen LogP contribution is 2.20. The van der Waals surface area contributed by atoms with Gasteiger partial charge in [-0.25, -0.2) is 4.98 Å². The highest BCUT2D eigenvalue weighted by Gasteiger charge is 2.22. The minimum atomic E-state index is 0.305. The van der Waals surface area contributed by atoms with Crippen molar-refractivity contribution < 1.29 is 0 Å². The summed E-state index contributed by atoms with van der Waals surface area (Å²) in [5.74, 6) is 0. The van der Waals surface area contributed by atoms with Gasteiger partial charge in [0.2, 0.25) is 0 Å². The second kappa shape index (κ2) is 5.61. The molecule has 86 valence electrons. The van der Waals surface area contributed by atoms with Crippen LogP contribution in [0.3, 0.4) is 0 Å². The third-order valence-corrected chi connectivity index (χ3v) is 4.28. The summed E-state index contributed by atoms with van der Waals surface area (Å²) in [6.07, 6.45) is 3.55. The average molecular weight is 226 g/mol. The third kappa shape index (κ3) is 3.28. The molecule has 0 aliphatic rings. The lowest BCUT2D eigenvalue weighted by atomic mass is 9.90. The van der Waals surface area contributed by atoms with Crippen LogP contribution in [0.5, 0.6) is 0 Å². The Morgan fingerprint density at radius 1 is 1.27 bits per heavy atom. The van der Waals surface area contributed by atoms with Gasteiger partial charge in [-0.1, -0.05) is 20.8 Å². The molecule has 1 aromatic heterocycles. The number of aromatic nitrogens is 1. The predicted molar refractivity (Wildman–Crippen MR) is 67.3 cm³/mol. The topological polar surface area (TPSA) is 24.9 Å². The van der Waals surface area contributed by atoms with Crippen molar-refractivity contribution in [1.29, 1.82) is 0 Å². The van der Waals surface area contributed by atoms with E-state index in [1.807, 2.05) is 6.92 Å². The molecule has 1 heterocycles. The number of hydrogen-bond donors (Lipinski definition) is 1. The molecule has 0 aromatic carbocycles. The van der Waals surface area contributed by atoms with Gasteiger partial charge in [0.1, 0.15) is 5.01 Å². The van der Waals surface area contributed by atoms with E-state index in [9.17, 15) is 0 Å². The Kier molecular flexibility index (Phi) is 4.74. The molecular formula is C12H22N2S. The van der Waals surface area contributed by atoms with Gasteiger partial charge in [-0.3, -0.25) is 0 Å². The summed E-state index contributed by atoms with van der Waals surface area (Å²) in [7, 11) is 0. The van der Waals surface area contributed by atoms with Crippen molar-refractivity contribution in [1.82, 2.24) is 10.3 Å². The standard InChI is InChI=1S/C12H22N2S/c1-5-12(6-2,7-3)13-8-11-14-10(4)9-15-11/h9,13H,5-8H2,1-4H3. The Morgan fingerprint density at radius 3 is 2.27 bits per heavy atom. The Hall–Kier alpha value is -0.410. The summed E-state index contributed by atoms with van der Waals surface area (Å²) < 4.78 is 0. The predicted octanol–water partition coefficient (Wildman–Crippen LogP) is 3.51. The highest BCUT2D eigenvalue weighted by atomic mass is 32.1. The zero-order valence-electron chi connectivity index (χ0n) is 10.3. The van der Waals surface area contributed by atoms with Crippen LogP contribution in [0.25, 0.3) is 0 Å². The molecule has 0 unspecified atom stereocenters. The molecule has 0 saturated heterocycles. The quantitative estimate of drug-likeness (QED) is 0.803. The number of hydrogen-bond acceptors (Lipinski definition) is 3. The van der Waals surface area contributed by atoms with E-state index in [0.717, 1.165) is 12.2 Å². The van der Waals surface area contributed by atoms with Gasteiger partial charge in [-0.2, -0.15) is 0 Å². The van der Waals surface area contributed by atoms with Crippen molar-refractivity contribution in [3.8, 4) is 0 Å². The monoisotopic (exact) mass is 226 g/mol. The van der Waals surface area contributed by atoms with Crippen LogP contribution in [0.4, 0.5) is 0 Å². The van der Waals surface area contributed by atoms with E-state index in [0.29, 0.717) is 5.54 Å².